The van der Waals surface area contributed by atoms with Crippen LogP contribution >= 0.6 is 11.3 Å². The van der Waals surface area contributed by atoms with E-state index in [0.29, 0.717) is 39.0 Å². The maximum Gasteiger partial charge on any atom is 0.416 e. The van der Waals surface area contributed by atoms with Crippen LogP contribution in [0.2, 0.25) is 0 Å². The molecule has 0 saturated carbocycles. The standard InChI is InChI=1S/C24H17F4N5OS/c25-15-4-5-18-20(11-15)35-22(30-18)31-23(34)33-16-8-9-32(12-16)19-7-6-17(29-21(19)33)13-2-1-3-14(10-13)24(26,27)28/h1-7,10-11,16H,8-9,12H2,(H,30,31,34)/t16-/m0/s1. The molecule has 2 amide bonds. The molecule has 1 saturated heterocycles. The number of nitrogens with zero attached hydrogens (tertiary/aromatic N) is 4. The summed E-state index contributed by atoms with van der Waals surface area (Å²) < 4.78 is 53.8. The van der Waals surface area contributed by atoms with Gasteiger partial charge in [0.25, 0.3) is 0 Å². The van der Waals surface area contributed by atoms with Gasteiger partial charge in [0.05, 0.1) is 33.2 Å². The minimum atomic E-state index is -4.47. The fourth-order valence-corrected chi connectivity index (χ4v) is 5.47. The fraction of sp³-hybridized carbons (Fsp3) is 0.208. The van der Waals surface area contributed by atoms with Gasteiger partial charge in [-0.1, -0.05) is 23.5 Å². The monoisotopic (exact) mass is 499 g/mol. The highest BCUT2D eigenvalue weighted by Crippen LogP contribution is 2.41. The second-order valence-corrected chi connectivity index (χ2v) is 9.47. The summed E-state index contributed by atoms with van der Waals surface area (Å²) in [6, 6.07) is 12.1. The highest BCUT2D eigenvalue weighted by molar-refractivity contribution is 7.22. The molecular weight excluding hydrogens is 482 g/mol. The van der Waals surface area contributed by atoms with Crippen LogP contribution in [0.25, 0.3) is 21.5 Å². The number of urea groups is 1. The summed E-state index contributed by atoms with van der Waals surface area (Å²) in [6.07, 6.45) is -3.74. The molecule has 2 aliphatic heterocycles. The number of hydrogen-bond acceptors (Lipinski definition) is 5. The van der Waals surface area contributed by atoms with Crippen LogP contribution in [0.5, 0.6) is 0 Å². The third kappa shape index (κ3) is 3.85. The molecule has 1 atom stereocenters. The summed E-state index contributed by atoms with van der Waals surface area (Å²) in [5, 5.41) is 3.12. The Morgan fingerprint density at radius 3 is 2.77 bits per heavy atom. The van der Waals surface area contributed by atoms with Gasteiger partial charge in [0.2, 0.25) is 0 Å². The van der Waals surface area contributed by atoms with Crippen LogP contribution in [0.4, 0.5) is 39.0 Å². The number of halogens is 4. The van der Waals surface area contributed by atoms with E-state index in [0.717, 1.165) is 42.1 Å². The van der Waals surface area contributed by atoms with Crippen molar-refractivity contribution in [2.24, 2.45) is 0 Å². The highest BCUT2D eigenvalue weighted by atomic mass is 32.1. The van der Waals surface area contributed by atoms with Gasteiger partial charge >= 0.3 is 12.2 Å². The third-order valence-corrected chi connectivity index (χ3v) is 7.15. The van der Waals surface area contributed by atoms with E-state index < -0.39 is 17.8 Å². The van der Waals surface area contributed by atoms with E-state index in [9.17, 15) is 22.4 Å². The van der Waals surface area contributed by atoms with Gasteiger partial charge < -0.3 is 4.90 Å². The molecule has 4 aromatic rings. The first kappa shape index (κ1) is 21.8. The molecule has 0 aliphatic carbocycles. The quantitative estimate of drug-likeness (QED) is 0.336. The molecule has 6 rings (SSSR count). The molecular formula is C24H17F4N5OS. The number of carbonyl (C=O) groups is 1. The summed E-state index contributed by atoms with van der Waals surface area (Å²) in [7, 11) is 0. The average molecular weight is 499 g/mol. The molecule has 11 heteroatoms. The zero-order valence-corrected chi connectivity index (χ0v) is 18.8. The van der Waals surface area contributed by atoms with Crippen molar-refractivity contribution in [2.45, 2.75) is 18.6 Å². The lowest BCUT2D eigenvalue weighted by molar-refractivity contribution is -0.137. The van der Waals surface area contributed by atoms with E-state index >= 15 is 0 Å². The summed E-state index contributed by atoms with van der Waals surface area (Å²) in [4.78, 5) is 26.1. The summed E-state index contributed by atoms with van der Waals surface area (Å²) >= 11 is 1.16. The first-order valence-corrected chi connectivity index (χ1v) is 11.7. The van der Waals surface area contributed by atoms with Gasteiger partial charge in [0.15, 0.2) is 10.9 Å². The van der Waals surface area contributed by atoms with Gasteiger partial charge in [0, 0.05) is 18.7 Å². The highest BCUT2D eigenvalue weighted by Gasteiger charge is 2.40. The van der Waals surface area contributed by atoms with Gasteiger partial charge in [-0.05, 0) is 48.9 Å². The predicted octanol–water partition coefficient (Wildman–Crippen LogP) is 6.15. The number of alkyl halides is 3. The zero-order chi connectivity index (χ0) is 24.3. The molecule has 2 aromatic heterocycles. The topological polar surface area (TPSA) is 61.4 Å². The Labute approximate surface area is 200 Å². The summed E-state index contributed by atoms with van der Waals surface area (Å²) in [6.45, 7) is 1.38. The van der Waals surface area contributed by atoms with Gasteiger partial charge in [-0.3, -0.25) is 10.2 Å². The van der Waals surface area contributed by atoms with Gasteiger partial charge in [-0.25, -0.2) is 19.2 Å². The van der Waals surface area contributed by atoms with Crippen molar-refractivity contribution in [3.05, 3.63) is 66.0 Å². The number of hydrogen-bond donors (Lipinski definition) is 1. The van der Waals surface area contributed by atoms with Crippen LogP contribution in [-0.2, 0) is 6.18 Å². The molecule has 6 nitrogen and oxygen atoms in total. The number of thiazole rings is 1. The Morgan fingerprint density at radius 2 is 1.94 bits per heavy atom. The molecule has 2 aliphatic rings. The van der Waals surface area contributed by atoms with Crippen LogP contribution in [0.15, 0.2) is 54.6 Å². The molecule has 178 valence electrons. The minimum Gasteiger partial charge on any atom is -0.366 e. The number of carbonyl (C=O) groups excluding carboxylic acids is 1. The second kappa shape index (κ2) is 7.91. The normalized spacial score (nSPS) is 17.1. The molecule has 0 radical (unpaired) electrons. The number of pyridine rings is 1. The van der Waals surface area contributed by atoms with Crippen LogP contribution in [0, 0.1) is 5.82 Å². The number of nitrogens with one attached hydrogen (secondary N) is 1. The Hall–Kier alpha value is -3.73. The van der Waals surface area contributed by atoms with E-state index in [1.54, 1.807) is 29.2 Å². The van der Waals surface area contributed by atoms with E-state index in [4.69, 9.17) is 0 Å². The zero-order valence-electron chi connectivity index (χ0n) is 18.0. The Balaban J connectivity index is 1.36. The molecule has 0 unspecified atom stereocenters. The molecule has 1 N–H and O–H groups in total. The second-order valence-electron chi connectivity index (χ2n) is 8.44. The van der Waals surface area contributed by atoms with Crippen LogP contribution < -0.4 is 15.1 Å². The van der Waals surface area contributed by atoms with Crippen molar-refractivity contribution in [1.29, 1.82) is 0 Å². The SMILES string of the molecule is O=C(Nc1nc2ccc(F)cc2s1)N1c2nc(-c3cccc(C(F)(F)F)c3)ccc2N2CC[C@H]1C2. The number of fused-ring (bicyclic) bond motifs is 5. The number of amides is 2. The molecule has 0 spiro atoms. The number of anilines is 3. The number of rotatable bonds is 2. The largest absolute Gasteiger partial charge is 0.416 e. The van der Waals surface area contributed by atoms with Crippen molar-refractivity contribution in [2.75, 3.05) is 28.2 Å². The maximum absolute atomic E-state index is 13.5. The van der Waals surface area contributed by atoms with Crippen LogP contribution in [0.1, 0.15) is 12.0 Å². The van der Waals surface area contributed by atoms with Gasteiger partial charge in [0.1, 0.15) is 5.82 Å². The number of aromatic nitrogens is 2. The fourth-order valence-electron chi connectivity index (χ4n) is 4.59. The maximum atomic E-state index is 13.5. The smallest absolute Gasteiger partial charge is 0.366 e. The summed E-state index contributed by atoms with van der Waals surface area (Å²) in [5.41, 5.74) is 1.20. The van der Waals surface area contributed by atoms with E-state index in [1.807, 2.05) is 0 Å². The van der Waals surface area contributed by atoms with Crippen molar-refractivity contribution < 1.29 is 22.4 Å². The predicted molar refractivity (Wildman–Crippen MR) is 126 cm³/mol. The molecule has 2 aromatic carbocycles. The van der Waals surface area contributed by atoms with Crippen molar-refractivity contribution >= 4 is 44.2 Å². The molecule has 1 fully saturated rings. The average Bonchev–Trinajstić information content (AvgIpc) is 3.42. The van der Waals surface area contributed by atoms with Crippen LogP contribution in [0.3, 0.4) is 0 Å². The lowest BCUT2D eigenvalue weighted by Crippen LogP contribution is -2.48. The Bertz CT molecular complexity index is 1470. The van der Waals surface area contributed by atoms with Crippen molar-refractivity contribution in [3.8, 4) is 11.3 Å². The lowest BCUT2D eigenvalue weighted by atomic mass is 10.1. The first-order valence-electron chi connectivity index (χ1n) is 10.9. The number of benzene rings is 2. The molecule has 2 bridgehead atoms. The van der Waals surface area contributed by atoms with E-state index in [-0.39, 0.29) is 11.9 Å². The third-order valence-electron chi connectivity index (χ3n) is 6.22. The minimum absolute atomic E-state index is 0.140. The Kier molecular flexibility index (Phi) is 4.92. The lowest BCUT2D eigenvalue weighted by Gasteiger charge is -2.35. The van der Waals surface area contributed by atoms with Gasteiger partial charge in [-0.15, -0.1) is 0 Å². The van der Waals surface area contributed by atoms with E-state index in [1.165, 1.54) is 18.2 Å². The van der Waals surface area contributed by atoms with Crippen LogP contribution in [-0.4, -0.2) is 35.1 Å². The summed E-state index contributed by atoms with van der Waals surface area (Å²) in [5.74, 6) is -0.000305. The van der Waals surface area contributed by atoms with Gasteiger partial charge in [-0.2, -0.15) is 13.2 Å². The molecule has 35 heavy (non-hydrogen) atoms. The van der Waals surface area contributed by atoms with Crippen molar-refractivity contribution in [1.82, 2.24) is 9.97 Å². The Morgan fingerprint density at radius 1 is 1.09 bits per heavy atom. The molecule has 4 heterocycles. The van der Waals surface area contributed by atoms with E-state index in [2.05, 4.69) is 20.2 Å². The van der Waals surface area contributed by atoms with Crippen molar-refractivity contribution in [3.63, 3.8) is 0 Å². The first-order chi connectivity index (χ1) is 16.8.